The summed E-state index contributed by atoms with van der Waals surface area (Å²) in [6, 6.07) is 10.1. The Balaban J connectivity index is 1.96. The summed E-state index contributed by atoms with van der Waals surface area (Å²) < 4.78 is 26.4. The average Bonchev–Trinajstić information content (AvgIpc) is 3.10. The average molecular weight is 501 g/mol. The van der Waals surface area contributed by atoms with Crippen molar-refractivity contribution in [2.45, 2.75) is 26.8 Å². The third-order valence-electron chi connectivity index (χ3n) is 5.26. The molecule has 0 unspecified atom stereocenters. The Labute approximate surface area is 204 Å². The van der Waals surface area contributed by atoms with Crippen LogP contribution in [-0.4, -0.2) is 23.8 Å². The summed E-state index contributed by atoms with van der Waals surface area (Å²) in [6.07, 6.45) is 1.70. The van der Waals surface area contributed by atoms with Crippen molar-refractivity contribution >= 4 is 35.0 Å². The minimum atomic E-state index is -0.802. The highest BCUT2D eigenvalue weighted by atomic mass is 35.5. The predicted octanol–water partition coefficient (Wildman–Crippen LogP) is 3.99. The molecule has 176 valence electrons. The SMILES string of the molecule is CCOC(=O)C1=C(C)N=c2s/c(=C\c3cc(Cl)ccc3OCC)c(=O)n2[C@@H]1c1ccc(F)cc1. The maximum absolute atomic E-state index is 13.6. The van der Waals surface area contributed by atoms with Gasteiger partial charge in [0, 0.05) is 10.6 Å². The van der Waals surface area contributed by atoms with Crippen LogP contribution in [0.5, 0.6) is 5.75 Å². The molecule has 0 fully saturated rings. The molecule has 2 heterocycles. The fourth-order valence-corrected chi connectivity index (χ4v) is 5.03. The lowest BCUT2D eigenvalue weighted by atomic mass is 9.96. The molecule has 9 heteroatoms. The number of ether oxygens (including phenoxy) is 2. The molecular formula is C25H22ClFN2O4S. The highest BCUT2D eigenvalue weighted by Gasteiger charge is 2.33. The summed E-state index contributed by atoms with van der Waals surface area (Å²) in [4.78, 5) is 31.4. The van der Waals surface area contributed by atoms with Gasteiger partial charge in [-0.05, 0) is 62.7 Å². The fourth-order valence-electron chi connectivity index (χ4n) is 3.81. The molecule has 2 aromatic carbocycles. The molecule has 1 aliphatic rings. The van der Waals surface area contributed by atoms with E-state index < -0.39 is 17.8 Å². The van der Waals surface area contributed by atoms with Gasteiger partial charge in [0.1, 0.15) is 11.6 Å². The number of fused-ring (bicyclic) bond motifs is 1. The lowest BCUT2D eigenvalue weighted by Crippen LogP contribution is -2.39. The van der Waals surface area contributed by atoms with Crippen molar-refractivity contribution in [1.82, 2.24) is 4.57 Å². The zero-order valence-electron chi connectivity index (χ0n) is 18.8. The van der Waals surface area contributed by atoms with Crippen molar-refractivity contribution < 1.29 is 18.7 Å². The van der Waals surface area contributed by atoms with Crippen LogP contribution < -0.4 is 19.6 Å². The molecule has 1 aliphatic heterocycles. The number of benzene rings is 2. The van der Waals surface area contributed by atoms with Crippen LogP contribution in [0, 0.1) is 5.82 Å². The third kappa shape index (κ3) is 4.56. The summed E-state index contributed by atoms with van der Waals surface area (Å²) in [5, 5.41) is 0.507. The second kappa shape index (κ2) is 9.95. The van der Waals surface area contributed by atoms with Crippen molar-refractivity contribution in [2.75, 3.05) is 13.2 Å². The smallest absolute Gasteiger partial charge is 0.338 e. The maximum Gasteiger partial charge on any atom is 0.338 e. The molecule has 0 aliphatic carbocycles. The van der Waals surface area contributed by atoms with Crippen LogP contribution in [0.15, 0.2) is 63.5 Å². The van der Waals surface area contributed by atoms with Crippen LogP contribution in [0.25, 0.3) is 6.08 Å². The number of rotatable bonds is 6. The van der Waals surface area contributed by atoms with Crippen LogP contribution >= 0.6 is 22.9 Å². The van der Waals surface area contributed by atoms with Crippen molar-refractivity contribution in [1.29, 1.82) is 0 Å². The molecular weight excluding hydrogens is 479 g/mol. The zero-order valence-corrected chi connectivity index (χ0v) is 20.4. The van der Waals surface area contributed by atoms with Gasteiger partial charge in [-0.3, -0.25) is 9.36 Å². The van der Waals surface area contributed by atoms with Gasteiger partial charge in [-0.2, -0.15) is 0 Å². The molecule has 0 spiro atoms. The van der Waals surface area contributed by atoms with Crippen LogP contribution in [0.3, 0.4) is 0 Å². The molecule has 0 amide bonds. The second-order valence-corrected chi connectivity index (χ2v) is 8.91. The first kappa shape index (κ1) is 23.9. The number of aromatic nitrogens is 1. The Bertz CT molecular complexity index is 1460. The quantitative estimate of drug-likeness (QED) is 0.480. The first-order valence-electron chi connectivity index (χ1n) is 10.7. The Hall–Kier alpha value is -3.23. The number of halogens is 2. The molecule has 0 saturated carbocycles. The van der Waals surface area contributed by atoms with Crippen LogP contribution in [-0.2, 0) is 9.53 Å². The molecule has 6 nitrogen and oxygen atoms in total. The largest absolute Gasteiger partial charge is 0.493 e. The number of carbonyl (C=O) groups is 1. The minimum absolute atomic E-state index is 0.172. The normalized spacial score (nSPS) is 15.7. The van der Waals surface area contributed by atoms with E-state index in [9.17, 15) is 14.0 Å². The van der Waals surface area contributed by atoms with Crippen molar-refractivity contribution in [2.24, 2.45) is 4.99 Å². The lowest BCUT2D eigenvalue weighted by Gasteiger charge is -2.24. The number of thiazole rings is 1. The number of hydrogen-bond donors (Lipinski definition) is 0. The Kier molecular flexibility index (Phi) is 7.00. The summed E-state index contributed by atoms with van der Waals surface area (Å²) in [5.74, 6) is -0.393. The molecule has 4 rings (SSSR count). The van der Waals surface area contributed by atoms with Gasteiger partial charge in [-0.15, -0.1) is 0 Å². The van der Waals surface area contributed by atoms with Crippen LogP contribution in [0.1, 0.15) is 37.9 Å². The molecule has 34 heavy (non-hydrogen) atoms. The predicted molar refractivity (Wildman–Crippen MR) is 129 cm³/mol. The molecule has 0 bridgehead atoms. The number of allylic oxidation sites excluding steroid dienone is 1. The van der Waals surface area contributed by atoms with Crippen molar-refractivity contribution in [3.05, 3.63) is 95.4 Å². The van der Waals surface area contributed by atoms with Crippen molar-refractivity contribution in [3.63, 3.8) is 0 Å². The van der Waals surface area contributed by atoms with E-state index in [1.165, 1.54) is 28.0 Å². The van der Waals surface area contributed by atoms with Gasteiger partial charge in [-0.25, -0.2) is 14.2 Å². The summed E-state index contributed by atoms with van der Waals surface area (Å²) in [7, 11) is 0. The highest BCUT2D eigenvalue weighted by molar-refractivity contribution is 7.07. The summed E-state index contributed by atoms with van der Waals surface area (Å²) >= 11 is 7.37. The number of carbonyl (C=O) groups excluding carboxylic acids is 1. The molecule has 1 aromatic heterocycles. The topological polar surface area (TPSA) is 69.9 Å². The fraction of sp³-hybridized carbons (Fsp3) is 0.240. The van der Waals surface area contributed by atoms with Crippen LogP contribution in [0.2, 0.25) is 5.02 Å². The second-order valence-electron chi connectivity index (χ2n) is 7.47. The van der Waals surface area contributed by atoms with Crippen LogP contribution in [0.4, 0.5) is 4.39 Å². The van der Waals surface area contributed by atoms with E-state index in [-0.39, 0.29) is 17.7 Å². The Morgan fingerprint density at radius 3 is 2.62 bits per heavy atom. The van der Waals surface area contributed by atoms with Gasteiger partial charge in [-0.1, -0.05) is 35.1 Å². The van der Waals surface area contributed by atoms with E-state index in [0.717, 1.165) is 0 Å². The van der Waals surface area contributed by atoms with E-state index >= 15 is 0 Å². The number of hydrogen-bond acceptors (Lipinski definition) is 6. The van der Waals surface area contributed by atoms with Gasteiger partial charge in [0.05, 0.1) is 35.1 Å². The first-order valence-corrected chi connectivity index (χ1v) is 11.9. The van der Waals surface area contributed by atoms with E-state index in [2.05, 4.69) is 4.99 Å². The number of nitrogens with zero attached hydrogens (tertiary/aromatic N) is 2. The third-order valence-corrected chi connectivity index (χ3v) is 6.48. The zero-order chi connectivity index (χ0) is 24.4. The Morgan fingerprint density at radius 2 is 1.94 bits per heavy atom. The number of esters is 1. The van der Waals surface area contributed by atoms with Gasteiger partial charge >= 0.3 is 5.97 Å². The lowest BCUT2D eigenvalue weighted by molar-refractivity contribution is -0.139. The maximum atomic E-state index is 13.6. The van der Waals surface area contributed by atoms with Gasteiger partial charge in [0.15, 0.2) is 4.80 Å². The van der Waals surface area contributed by atoms with E-state index in [1.54, 1.807) is 50.3 Å². The van der Waals surface area contributed by atoms with Gasteiger partial charge in [0.2, 0.25) is 0 Å². The Morgan fingerprint density at radius 1 is 1.21 bits per heavy atom. The van der Waals surface area contributed by atoms with Gasteiger partial charge < -0.3 is 9.47 Å². The monoisotopic (exact) mass is 500 g/mol. The van der Waals surface area contributed by atoms with Crippen molar-refractivity contribution in [3.8, 4) is 5.75 Å². The molecule has 0 radical (unpaired) electrons. The first-order chi connectivity index (χ1) is 16.3. The summed E-state index contributed by atoms with van der Waals surface area (Å²) in [6.45, 7) is 5.90. The summed E-state index contributed by atoms with van der Waals surface area (Å²) in [5.41, 5.74) is 1.57. The molecule has 0 saturated heterocycles. The van der Waals surface area contributed by atoms with Gasteiger partial charge in [0.25, 0.3) is 5.56 Å². The molecule has 3 aromatic rings. The molecule has 0 N–H and O–H groups in total. The minimum Gasteiger partial charge on any atom is -0.493 e. The van der Waals surface area contributed by atoms with E-state index in [1.807, 2.05) is 6.92 Å². The van der Waals surface area contributed by atoms with E-state index in [4.69, 9.17) is 21.1 Å². The van der Waals surface area contributed by atoms with E-state index in [0.29, 0.717) is 43.5 Å². The standard InChI is InChI=1S/C25H22ClFN2O4S/c1-4-32-19-11-8-17(26)12-16(19)13-20-23(30)29-22(15-6-9-18(27)10-7-15)21(24(31)33-5-2)14(3)28-25(29)34-20/h6-13,22H,4-5H2,1-3H3/b20-13-/t22-/m1/s1. The highest BCUT2D eigenvalue weighted by Crippen LogP contribution is 2.31. The molecule has 1 atom stereocenters.